The summed E-state index contributed by atoms with van der Waals surface area (Å²) in [5, 5.41) is 12.6. The summed E-state index contributed by atoms with van der Waals surface area (Å²) < 4.78 is 20.4. The minimum Gasteiger partial charge on any atom is -0.486 e. The molecule has 1 aromatic heterocycles. The highest BCUT2D eigenvalue weighted by molar-refractivity contribution is 5.87. The first-order valence-corrected chi connectivity index (χ1v) is 5.19. The molecule has 5 nitrogen and oxygen atoms in total. The van der Waals surface area contributed by atoms with Crippen molar-refractivity contribution in [1.29, 1.82) is 0 Å². The van der Waals surface area contributed by atoms with Crippen LogP contribution in [0.1, 0.15) is 15.9 Å². The second-order valence-corrected chi connectivity index (χ2v) is 3.75. The van der Waals surface area contributed by atoms with Crippen LogP contribution in [0.15, 0.2) is 30.6 Å². The van der Waals surface area contributed by atoms with E-state index in [9.17, 15) is 9.18 Å². The molecule has 0 radical (unpaired) electrons. The molecule has 0 amide bonds. The van der Waals surface area contributed by atoms with Gasteiger partial charge in [-0.1, -0.05) is 6.07 Å². The van der Waals surface area contributed by atoms with Gasteiger partial charge >= 0.3 is 5.97 Å². The third kappa shape index (κ3) is 2.65. The van der Waals surface area contributed by atoms with Crippen LogP contribution in [0, 0.1) is 5.82 Å². The van der Waals surface area contributed by atoms with E-state index in [1.807, 2.05) is 0 Å². The number of aromatic nitrogens is 2. The van der Waals surface area contributed by atoms with Gasteiger partial charge in [0.25, 0.3) is 0 Å². The Hall–Kier alpha value is -2.37. The Morgan fingerprint density at radius 3 is 2.89 bits per heavy atom. The molecule has 1 N–H and O–H groups in total. The number of halogens is 1. The van der Waals surface area contributed by atoms with Gasteiger partial charge in [-0.25, -0.2) is 9.18 Å². The first-order valence-electron chi connectivity index (χ1n) is 5.19. The van der Waals surface area contributed by atoms with Crippen LogP contribution in [0.3, 0.4) is 0 Å². The predicted octanol–water partition coefficient (Wildman–Crippen LogP) is 1.84. The van der Waals surface area contributed by atoms with E-state index < -0.39 is 11.8 Å². The van der Waals surface area contributed by atoms with E-state index in [0.29, 0.717) is 11.3 Å². The van der Waals surface area contributed by atoms with Crippen molar-refractivity contribution in [1.82, 2.24) is 9.78 Å². The standard InChI is InChI=1S/C12H11FN2O3/c1-15-6-10(5-14-15)18-7-9-3-2-8(12(16)17)4-11(9)13/h2-6H,7H2,1H3,(H,16,17). The van der Waals surface area contributed by atoms with Gasteiger partial charge in [-0.15, -0.1) is 0 Å². The maximum absolute atomic E-state index is 13.6. The van der Waals surface area contributed by atoms with E-state index in [4.69, 9.17) is 9.84 Å². The van der Waals surface area contributed by atoms with Gasteiger partial charge in [0.05, 0.1) is 18.0 Å². The minimum absolute atomic E-state index is 0.0252. The summed E-state index contributed by atoms with van der Waals surface area (Å²) in [6.07, 6.45) is 3.17. The number of aryl methyl sites for hydroxylation is 1. The van der Waals surface area contributed by atoms with Gasteiger partial charge in [0.15, 0.2) is 5.75 Å². The molecule has 6 heteroatoms. The minimum atomic E-state index is -1.16. The van der Waals surface area contributed by atoms with Gasteiger partial charge in [-0.3, -0.25) is 4.68 Å². The molecule has 0 spiro atoms. The van der Waals surface area contributed by atoms with Crippen molar-refractivity contribution in [3.8, 4) is 5.75 Å². The van der Waals surface area contributed by atoms with Crippen LogP contribution in [0.5, 0.6) is 5.75 Å². The van der Waals surface area contributed by atoms with Crippen molar-refractivity contribution in [3.05, 3.63) is 47.5 Å². The van der Waals surface area contributed by atoms with Crippen molar-refractivity contribution in [3.63, 3.8) is 0 Å². The molecule has 0 saturated carbocycles. The molecule has 0 unspecified atom stereocenters. The summed E-state index contributed by atoms with van der Waals surface area (Å²) in [5.74, 6) is -1.23. The summed E-state index contributed by atoms with van der Waals surface area (Å²) in [5.41, 5.74) is 0.210. The van der Waals surface area contributed by atoms with Crippen LogP contribution in [0.2, 0.25) is 0 Å². The molecule has 0 aliphatic heterocycles. The predicted molar refractivity (Wildman–Crippen MR) is 60.9 cm³/mol. The van der Waals surface area contributed by atoms with E-state index in [1.165, 1.54) is 18.3 Å². The molecule has 2 rings (SSSR count). The Labute approximate surface area is 102 Å². The second kappa shape index (κ2) is 4.87. The first-order chi connectivity index (χ1) is 8.56. The number of hydrogen-bond donors (Lipinski definition) is 1. The van der Waals surface area contributed by atoms with Crippen LogP contribution in [0.4, 0.5) is 4.39 Å². The summed E-state index contributed by atoms with van der Waals surface area (Å²) in [6.45, 7) is 0.0252. The van der Waals surface area contributed by atoms with Crippen LogP contribution in [-0.4, -0.2) is 20.9 Å². The molecular formula is C12H11FN2O3. The number of aromatic carboxylic acids is 1. The van der Waals surface area contributed by atoms with Gasteiger partial charge in [-0.05, 0) is 12.1 Å². The molecule has 1 aromatic carbocycles. The number of rotatable bonds is 4. The van der Waals surface area contributed by atoms with Crippen LogP contribution >= 0.6 is 0 Å². The molecule has 0 saturated heterocycles. The average molecular weight is 250 g/mol. The molecule has 1 heterocycles. The fourth-order valence-corrected chi connectivity index (χ4v) is 1.43. The summed E-state index contributed by atoms with van der Waals surface area (Å²) in [6, 6.07) is 3.72. The quantitative estimate of drug-likeness (QED) is 0.899. The number of ether oxygens (including phenoxy) is 1. The van der Waals surface area contributed by atoms with Gasteiger partial charge in [0.2, 0.25) is 0 Å². The zero-order valence-corrected chi connectivity index (χ0v) is 9.63. The monoisotopic (exact) mass is 250 g/mol. The lowest BCUT2D eigenvalue weighted by Gasteiger charge is -2.05. The van der Waals surface area contributed by atoms with Gasteiger partial charge in [0.1, 0.15) is 12.4 Å². The summed E-state index contributed by atoms with van der Waals surface area (Å²) >= 11 is 0. The second-order valence-electron chi connectivity index (χ2n) is 3.75. The maximum Gasteiger partial charge on any atom is 0.335 e. The first kappa shape index (κ1) is 12.1. The average Bonchev–Trinajstić information content (AvgIpc) is 2.73. The molecule has 0 atom stereocenters. The highest BCUT2D eigenvalue weighted by atomic mass is 19.1. The molecule has 0 aliphatic carbocycles. The Bertz CT molecular complexity index is 580. The smallest absolute Gasteiger partial charge is 0.335 e. The highest BCUT2D eigenvalue weighted by Crippen LogP contribution is 2.14. The summed E-state index contributed by atoms with van der Waals surface area (Å²) in [7, 11) is 1.75. The fourth-order valence-electron chi connectivity index (χ4n) is 1.43. The van der Waals surface area contributed by atoms with Crippen molar-refractivity contribution >= 4 is 5.97 Å². The maximum atomic E-state index is 13.6. The SMILES string of the molecule is Cn1cc(OCc2ccc(C(=O)O)cc2F)cn1. The largest absolute Gasteiger partial charge is 0.486 e. The van der Waals surface area contributed by atoms with E-state index in [2.05, 4.69) is 5.10 Å². The number of nitrogens with zero attached hydrogens (tertiary/aromatic N) is 2. The number of hydrogen-bond acceptors (Lipinski definition) is 3. The van der Waals surface area contributed by atoms with E-state index in [1.54, 1.807) is 17.9 Å². The van der Waals surface area contributed by atoms with Gasteiger partial charge < -0.3 is 9.84 Å². The van der Waals surface area contributed by atoms with Crippen LogP contribution < -0.4 is 4.74 Å². The number of carbonyl (C=O) groups is 1. The fraction of sp³-hybridized carbons (Fsp3) is 0.167. The van der Waals surface area contributed by atoms with Crippen molar-refractivity contribution in [2.45, 2.75) is 6.61 Å². The third-order valence-electron chi connectivity index (χ3n) is 2.38. The molecule has 0 fully saturated rings. The lowest BCUT2D eigenvalue weighted by molar-refractivity contribution is 0.0696. The lowest BCUT2D eigenvalue weighted by Crippen LogP contribution is -2.02. The van der Waals surface area contributed by atoms with Gasteiger partial charge in [0, 0.05) is 12.6 Å². The van der Waals surface area contributed by atoms with Crippen molar-refractivity contribution in [2.24, 2.45) is 7.05 Å². The topological polar surface area (TPSA) is 64.3 Å². The molecule has 0 bridgehead atoms. The van der Waals surface area contributed by atoms with E-state index in [-0.39, 0.29) is 12.2 Å². The Balaban J connectivity index is 2.08. The molecule has 0 aliphatic rings. The number of carboxylic acid groups (broad SMARTS) is 1. The van der Waals surface area contributed by atoms with E-state index >= 15 is 0 Å². The zero-order chi connectivity index (χ0) is 13.1. The highest BCUT2D eigenvalue weighted by Gasteiger charge is 2.09. The Morgan fingerprint density at radius 1 is 1.56 bits per heavy atom. The molecule has 94 valence electrons. The normalized spacial score (nSPS) is 10.3. The number of carboxylic acids is 1. The third-order valence-corrected chi connectivity index (χ3v) is 2.38. The van der Waals surface area contributed by atoms with E-state index in [0.717, 1.165) is 6.07 Å². The Kier molecular flexibility index (Phi) is 3.27. The molecule has 18 heavy (non-hydrogen) atoms. The zero-order valence-electron chi connectivity index (χ0n) is 9.63. The molecule has 2 aromatic rings. The van der Waals surface area contributed by atoms with Crippen molar-refractivity contribution in [2.75, 3.05) is 0 Å². The lowest BCUT2D eigenvalue weighted by atomic mass is 10.1. The number of benzene rings is 1. The van der Waals surface area contributed by atoms with Gasteiger partial charge in [-0.2, -0.15) is 5.10 Å². The van der Waals surface area contributed by atoms with Crippen molar-refractivity contribution < 1.29 is 19.0 Å². The van der Waals surface area contributed by atoms with Crippen LogP contribution in [0.25, 0.3) is 0 Å². The summed E-state index contributed by atoms with van der Waals surface area (Å²) in [4.78, 5) is 10.6. The van der Waals surface area contributed by atoms with Crippen LogP contribution in [-0.2, 0) is 13.7 Å². The molecular weight excluding hydrogens is 239 g/mol. The Morgan fingerprint density at radius 2 is 2.33 bits per heavy atom.